The third-order valence-corrected chi connectivity index (χ3v) is 18.4. The first-order valence-corrected chi connectivity index (χ1v) is 39.5. The largest absolute Gasteiger partial charge is 0.508 e. The van der Waals surface area contributed by atoms with Gasteiger partial charge in [0.15, 0.2) is 47.7 Å². The van der Waals surface area contributed by atoms with Crippen LogP contribution < -0.4 is 16.8 Å². The molecule has 4 rings (SSSR count). The lowest BCUT2D eigenvalue weighted by Gasteiger charge is -2.21. The first-order chi connectivity index (χ1) is 59.7. The van der Waals surface area contributed by atoms with Gasteiger partial charge in [0.25, 0.3) is 0 Å². The second-order valence-corrected chi connectivity index (χ2v) is 29.7. The predicted octanol–water partition coefficient (Wildman–Crippen LogP) is 5.58. The maximum Gasteiger partial charge on any atom is 0.325 e. The number of benzene rings is 3. The number of H-pyrrole nitrogens is 1. The van der Waals surface area contributed by atoms with E-state index in [0.717, 1.165) is 6.92 Å². The average molecular weight is 1790 g/mol. The van der Waals surface area contributed by atoms with E-state index in [2.05, 4.69) is 80.2 Å². The topological polar surface area (TPSA) is 868 Å². The molecule has 0 aliphatic carbocycles. The second-order valence-electron chi connectivity index (χ2n) is 29.7. The quantitative estimate of drug-likeness (QED) is 0.0146. The van der Waals surface area contributed by atoms with Crippen molar-refractivity contribution < 1.29 is 132 Å². The van der Waals surface area contributed by atoms with Gasteiger partial charge in [-0.1, -0.05) is 70.2 Å². The first-order valence-electron chi connectivity index (χ1n) is 39.5. The Kier molecular flexibility index (Phi) is 42.9. The highest BCUT2D eigenvalue weighted by Gasteiger charge is 2.34. The van der Waals surface area contributed by atoms with E-state index in [0.29, 0.717) is 22.0 Å². The summed E-state index contributed by atoms with van der Waals surface area (Å²) in [5.41, 5.74) is 13.2. The second kappa shape index (κ2) is 51.8. The van der Waals surface area contributed by atoms with Crippen molar-refractivity contribution in [2.75, 3.05) is 26.3 Å². The number of carbonyl (C=O) groups is 2. The standard InChI is InChI=1S/C79H114N22O26/c1-36(2)26-50(98-78(127)64(39(6)104)101-77(126)63(83)37(3)4)70(119)95-51(27-40-13-17-43(105)18-14-40)71(120)91-49(22-24-59(81)108)69(118)99-57(35-103)76(125)96-53(29-42-32-87-46-11-8-7-10-45(42)46)73(122)90-47(12-9-25-86-79(84)85)68(117)94-52(28-41-15-19-44(106)20-16-41)72(121)100-56(34-102)75(124)92-48(21-23-58(80)107)67(116)89-38(5)65(114)93-55(31-61(110)111)74(123)97-54(30-60(82)109)66(115)88-33-62(112)113/h7-8,10-11,13-20,32,36-39,47-57,63-64,87,102-106H,9,12,21-31,33-35,83H2,1-6H3,(H2,80,107)(H2,81,108)(H2,82,109)(H,88,115)(H,89,116)(H,90,122)(H,91,120)(H,92,124)(H,93,114)(H,94,117)(H,95,119)(H,96,125)(H,97,123)(H,98,127)(H,99,118)(H,100,121)(H,101,126)(H,110,111)(H,112,113)(H4,84,85,86). The molecule has 0 radical (unpaired) electrons. The van der Waals surface area contributed by atoms with Gasteiger partial charge >= 0.3 is 11.9 Å². The van der Waals surface area contributed by atoms with Crippen LogP contribution in [0.25, 0.3) is 10.9 Å². The van der Waals surface area contributed by atoms with E-state index in [4.69, 9.17) is 38.2 Å². The number of carboxylic acid groups (broad SMARTS) is 2. The Morgan fingerprint density at radius 1 is 0.425 bits per heavy atom. The number of nitrogens with zero attached hydrogens (tertiary/aromatic N) is 14. The van der Waals surface area contributed by atoms with Crippen molar-refractivity contribution in [2.24, 2.45) is 93.2 Å². The minimum absolute atomic E-state index is 0.0490. The van der Waals surface area contributed by atoms with E-state index < -0.39 is 280 Å². The monoisotopic (exact) mass is 1790 g/mol. The number of phenols is 2. The van der Waals surface area contributed by atoms with Crippen LogP contribution in [0, 0.1) is 33.5 Å². The summed E-state index contributed by atoms with van der Waals surface area (Å²) in [4.78, 5) is 82.6. The van der Waals surface area contributed by atoms with Crippen LogP contribution in [0.5, 0.6) is 11.5 Å². The molecule has 15 atom stereocenters. The fraction of sp³-hybridized carbons (Fsp3) is 0.494. The number of aromatic nitrogens is 1. The van der Waals surface area contributed by atoms with Gasteiger partial charge in [-0.05, 0) is 105 Å². The third kappa shape index (κ3) is 36.7. The molecule has 0 amide bonds. The summed E-state index contributed by atoms with van der Waals surface area (Å²) in [6, 6.07) is -7.04. The molecule has 48 heteroatoms. The molecule has 1 aromatic heterocycles. The van der Waals surface area contributed by atoms with Crippen molar-refractivity contribution in [3.8, 4) is 11.5 Å². The number of hydrogen-bond donors (Lipinski definition) is 32. The molecule has 4 aromatic rings. The highest BCUT2D eigenvalue weighted by molar-refractivity contribution is 5.98. The third-order valence-electron chi connectivity index (χ3n) is 18.4. The van der Waals surface area contributed by atoms with E-state index in [1.807, 2.05) is 0 Å². The van der Waals surface area contributed by atoms with E-state index in [1.165, 1.54) is 61.7 Å². The summed E-state index contributed by atoms with van der Waals surface area (Å²) in [7, 11) is 0. The van der Waals surface area contributed by atoms with Gasteiger partial charge in [-0.2, -0.15) is 0 Å². The van der Waals surface area contributed by atoms with Gasteiger partial charge in [-0.15, -0.1) is 0 Å². The number of carboxylic acids is 2. The maximum absolute atomic E-state index is 12.4. The lowest BCUT2D eigenvalue weighted by atomic mass is 10.0. The molecule has 0 aliphatic heterocycles. The van der Waals surface area contributed by atoms with Crippen LogP contribution in [0.15, 0.2) is 149 Å². The number of fused-ring (bicyclic) bond motifs is 1. The Bertz CT molecular complexity index is 4810. The summed E-state index contributed by atoms with van der Waals surface area (Å²) >= 11 is 0. The zero-order valence-electron chi connectivity index (χ0n) is 70.1. The summed E-state index contributed by atoms with van der Waals surface area (Å²) in [6.07, 6.45) is -6.01. The Labute approximate surface area is 726 Å². The minimum atomic E-state index is -2.05. The molecule has 48 nitrogen and oxygen atoms in total. The molecule has 696 valence electrons. The number of aromatic amines is 1. The molecule has 1 heterocycles. The molecule has 0 saturated carbocycles. The van der Waals surface area contributed by atoms with Crippen molar-refractivity contribution in [3.05, 3.63) is 95.7 Å². The van der Waals surface area contributed by atoms with E-state index in [9.17, 15) is 127 Å². The van der Waals surface area contributed by atoms with Crippen LogP contribution in [0.3, 0.4) is 0 Å². The molecule has 0 fully saturated rings. The summed E-state index contributed by atoms with van der Waals surface area (Å²) in [5.74, 6) is -22.4. The molecule has 0 aliphatic rings. The molecule has 15 unspecified atom stereocenters. The van der Waals surface area contributed by atoms with Gasteiger partial charge in [-0.25, -0.2) is 69.9 Å². The Morgan fingerprint density at radius 3 is 1.25 bits per heavy atom. The maximum atomic E-state index is 12.4. The van der Waals surface area contributed by atoms with Gasteiger partial charge < -0.3 is 144 Å². The van der Waals surface area contributed by atoms with Gasteiger partial charge in [-0.3, -0.25) is 31.2 Å². The summed E-state index contributed by atoms with van der Waals surface area (Å²) in [6.45, 7) is 5.57. The molecular weight excluding hydrogens is 1670 g/mol. The summed E-state index contributed by atoms with van der Waals surface area (Å²) in [5, 5.41) is 297. The number of para-hydroxylation sites is 1. The number of nitrogens with two attached hydrogens (primary N) is 2. The Morgan fingerprint density at radius 2 is 0.819 bits per heavy atom. The lowest BCUT2D eigenvalue weighted by Crippen LogP contribution is -2.40. The van der Waals surface area contributed by atoms with Crippen LogP contribution in [0.4, 0.5) is 0 Å². The molecule has 3 aromatic carbocycles. The predicted molar refractivity (Wildman–Crippen MR) is 478 cm³/mol. The molecule has 0 bridgehead atoms. The number of aliphatic hydroxyl groups is 20. The van der Waals surface area contributed by atoms with Crippen LogP contribution >= 0.6 is 0 Å². The van der Waals surface area contributed by atoms with Crippen LogP contribution in [-0.4, -0.2) is 363 Å². The minimum Gasteiger partial charge on any atom is -0.508 e. The van der Waals surface area contributed by atoms with Gasteiger partial charge in [0.2, 0.25) is 76.7 Å². The Hall–Kier alpha value is -14.2. The Balaban J connectivity index is 1.96. The fourth-order valence-corrected chi connectivity index (χ4v) is 11.6. The summed E-state index contributed by atoms with van der Waals surface area (Å²) < 4.78 is 0. The molecule has 0 saturated heterocycles. The smallest absolute Gasteiger partial charge is 0.325 e. The SMILES string of the molecule is CC(C)CC(N=C(O)C(N=C(O)C(N)C(C)C)C(C)O)C(O)=NC(Cc1ccc(O)cc1)C(O)=NC(CCC(=N)O)C(O)=NC(CO)C(O)=NC(Cc1c[nH]c2ccccc12)C(O)=NC(CCCNC(=N)N)C(O)=NC(Cc1ccc(O)cc1)C(O)=NC(CO)C(O)=NC(CCC(=N)O)C(O)=NC(C)C(O)=NC(CC(=O)O)C(O)=NC(CC(=N)O)C(O)=NCC(=O)O. The molecule has 34 N–H and O–H groups in total. The van der Waals surface area contributed by atoms with Crippen LogP contribution in [0.1, 0.15) is 116 Å². The number of aliphatic carboxylic acids is 2. The van der Waals surface area contributed by atoms with E-state index in [1.54, 1.807) is 52.0 Å². The van der Waals surface area contributed by atoms with Crippen molar-refractivity contribution in [3.63, 3.8) is 0 Å². The zero-order valence-corrected chi connectivity index (χ0v) is 70.1. The van der Waals surface area contributed by atoms with Crippen molar-refractivity contribution in [2.45, 2.75) is 209 Å². The lowest BCUT2D eigenvalue weighted by molar-refractivity contribution is -0.137. The van der Waals surface area contributed by atoms with Crippen molar-refractivity contribution >= 4 is 129 Å². The highest BCUT2D eigenvalue weighted by atomic mass is 16.4. The number of nitrogens with one attached hydrogen (secondary N) is 6. The number of aliphatic hydroxyl groups excluding tert-OH is 20. The fourth-order valence-electron chi connectivity index (χ4n) is 11.6. The van der Waals surface area contributed by atoms with Crippen molar-refractivity contribution in [1.29, 1.82) is 21.6 Å². The van der Waals surface area contributed by atoms with Crippen LogP contribution in [0.2, 0.25) is 0 Å². The van der Waals surface area contributed by atoms with Gasteiger partial charge in [0.1, 0.15) is 78.5 Å². The van der Waals surface area contributed by atoms with Crippen LogP contribution in [-0.2, 0) is 28.9 Å². The van der Waals surface area contributed by atoms with E-state index >= 15 is 0 Å². The highest BCUT2D eigenvalue weighted by Crippen LogP contribution is 2.25. The number of hydrogen-bond acceptors (Lipinski definition) is 26. The molecular formula is C79H114N22O26. The number of aliphatic imine (C=N–C) groups is 14. The van der Waals surface area contributed by atoms with Gasteiger partial charge in [0, 0.05) is 55.7 Å². The zero-order chi connectivity index (χ0) is 95.2. The number of phenolic OH excluding ortho intramolecular Hbond substituents is 2. The molecule has 127 heavy (non-hydrogen) atoms. The number of guanidine groups is 1. The van der Waals surface area contributed by atoms with E-state index in [-0.39, 0.29) is 61.1 Å². The number of aromatic hydroxyl groups is 2. The van der Waals surface area contributed by atoms with Crippen molar-refractivity contribution in [1.82, 2.24) is 10.3 Å². The van der Waals surface area contributed by atoms with Gasteiger partial charge in [0.05, 0.1) is 38.2 Å². The first kappa shape index (κ1) is 105. The number of rotatable bonds is 55. The normalized spacial score (nSPS) is 17.5. The average Bonchev–Trinajstić information content (AvgIpc) is 1.72. The molecule has 0 spiro atoms.